The van der Waals surface area contributed by atoms with Crippen LogP contribution in [0.25, 0.3) is 0 Å². The van der Waals surface area contributed by atoms with Crippen molar-refractivity contribution in [2.45, 2.75) is 56.9 Å². The van der Waals surface area contributed by atoms with Crippen molar-refractivity contribution in [2.75, 3.05) is 13.7 Å². The zero-order valence-electron chi connectivity index (χ0n) is 16.4. The maximum atomic E-state index is 6.46. The lowest BCUT2D eigenvalue weighted by Crippen LogP contribution is -2.44. The highest BCUT2D eigenvalue weighted by molar-refractivity contribution is 5.39. The molecule has 2 atom stereocenters. The van der Waals surface area contributed by atoms with Crippen LogP contribution in [0.1, 0.15) is 67.2 Å². The lowest BCUT2D eigenvalue weighted by atomic mass is 9.81. The van der Waals surface area contributed by atoms with E-state index in [1.54, 1.807) is 7.11 Å². The summed E-state index contributed by atoms with van der Waals surface area (Å²) >= 11 is 0. The number of methoxy groups -OCH3 is 1. The maximum Gasteiger partial charge on any atom is 0.122 e. The number of ether oxygens (including phenoxy) is 1. The van der Waals surface area contributed by atoms with Crippen LogP contribution >= 0.6 is 0 Å². The first-order valence-corrected chi connectivity index (χ1v) is 10.5. The summed E-state index contributed by atoms with van der Waals surface area (Å²) in [5.41, 5.74) is 4.18. The largest absolute Gasteiger partial charge is 0.496 e. The molecule has 1 aliphatic heterocycles. The second-order valence-electron chi connectivity index (χ2n) is 8.25. The Balaban J connectivity index is 1.61. The van der Waals surface area contributed by atoms with Gasteiger partial charge >= 0.3 is 0 Å². The minimum absolute atomic E-state index is 0.278. The van der Waals surface area contributed by atoms with E-state index >= 15 is 0 Å². The lowest BCUT2D eigenvalue weighted by molar-refractivity contribution is 0.0923. The highest BCUT2D eigenvalue weighted by Crippen LogP contribution is 2.40. The average Bonchev–Trinajstić information content (AvgIpc) is 3.24. The molecule has 0 bridgehead atoms. The summed E-state index contributed by atoms with van der Waals surface area (Å²) in [6.07, 6.45) is 8.80. The highest BCUT2D eigenvalue weighted by atomic mass is 16.5. The Morgan fingerprint density at radius 3 is 2.48 bits per heavy atom. The van der Waals surface area contributed by atoms with Gasteiger partial charge in [0.2, 0.25) is 0 Å². The van der Waals surface area contributed by atoms with Crippen LogP contribution in [0.3, 0.4) is 0 Å². The molecule has 0 spiro atoms. The van der Waals surface area contributed by atoms with Crippen molar-refractivity contribution in [3.63, 3.8) is 0 Å². The Hall–Kier alpha value is -1.84. The van der Waals surface area contributed by atoms with Crippen LogP contribution in [0.15, 0.2) is 48.5 Å². The van der Waals surface area contributed by atoms with E-state index in [0.717, 1.165) is 31.1 Å². The molecule has 2 aliphatic rings. The molecule has 2 N–H and O–H groups in total. The standard InChI is InChI=1S/C24H32N2O/c1-27-23-14-13-20(18-8-5-6-9-18)16-22(23)17-21-12-7-15-26(25)24(21)19-10-3-2-4-11-19/h2-4,10-11,13-14,16,18,21,24H,5-9,12,15,17,25H2,1H3/t21-,24+/m1/s1. The Morgan fingerprint density at radius 2 is 1.74 bits per heavy atom. The summed E-state index contributed by atoms with van der Waals surface area (Å²) in [5, 5.41) is 2.05. The molecule has 3 heteroatoms. The average molecular weight is 365 g/mol. The van der Waals surface area contributed by atoms with E-state index in [1.807, 2.05) is 0 Å². The van der Waals surface area contributed by atoms with Gasteiger partial charge in [0.25, 0.3) is 0 Å². The monoisotopic (exact) mass is 364 g/mol. The van der Waals surface area contributed by atoms with E-state index in [9.17, 15) is 0 Å². The normalized spacial score (nSPS) is 24.2. The number of hydrazine groups is 1. The number of hydrogen-bond donors (Lipinski definition) is 1. The molecule has 0 unspecified atom stereocenters. The van der Waals surface area contributed by atoms with Crippen molar-refractivity contribution in [1.29, 1.82) is 0 Å². The second-order valence-corrected chi connectivity index (χ2v) is 8.25. The Morgan fingerprint density at radius 1 is 0.963 bits per heavy atom. The summed E-state index contributed by atoms with van der Waals surface area (Å²) in [4.78, 5) is 0. The third-order valence-electron chi connectivity index (χ3n) is 6.55. The molecule has 1 saturated carbocycles. The zero-order valence-corrected chi connectivity index (χ0v) is 16.4. The molecule has 0 aromatic heterocycles. The van der Waals surface area contributed by atoms with Gasteiger partial charge in [-0.1, -0.05) is 55.3 Å². The third-order valence-corrected chi connectivity index (χ3v) is 6.55. The van der Waals surface area contributed by atoms with Crippen LogP contribution in [0.5, 0.6) is 5.75 Å². The van der Waals surface area contributed by atoms with E-state index < -0.39 is 0 Å². The molecule has 2 aromatic rings. The van der Waals surface area contributed by atoms with Gasteiger partial charge in [-0.25, -0.2) is 5.01 Å². The quantitative estimate of drug-likeness (QED) is 0.739. The van der Waals surface area contributed by atoms with E-state index in [0.29, 0.717) is 5.92 Å². The molecule has 4 rings (SSSR count). The van der Waals surface area contributed by atoms with Crippen LogP contribution in [0.4, 0.5) is 0 Å². The van der Waals surface area contributed by atoms with Crippen LogP contribution in [-0.4, -0.2) is 18.7 Å². The summed E-state index contributed by atoms with van der Waals surface area (Å²) in [7, 11) is 1.79. The highest BCUT2D eigenvalue weighted by Gasteiger charge is 2.32. The van der Waals surface area contributed by atoms with Crippen molar-refractivity contribution in [3.05, 3.63) is 65.2 Å². The Bertz CT molecular complexity index is 739. The van der Waals surface area contributed by atoms with E-state index in [1.165, 1.54) is 48.8 Å². The molecule has 1 aliphatic carbocycles. The minimum atomic E-state index is 0.278. The van der Waals surface area contributed by atoms with E-state index in [2.05, 4.69) is 53.5 Å². The minimum Gasteiger partial charge on any atom is -0.496 e. The van der Waals surface area contributed by atoms with E-state index in [4.69, 9.17) is 10.6 Å². The molecule has 0 amide bonds. The molecule has 27 heavy (non-hydrogen) atoms. The van der Waals surface area contributed by atoms with Crippen molar-refractivity contribution >= 4 is 0 Å². The summed E-state index contributed by atoms with van der Waals surface area (Å²) in [6.45, 7) is 0.968. The topological polar surface area (TPSA) is 38.5 Å². The van der Waals surface area contributed by atoms with Gasteiger partial charge < -0.3 is 4.74 Å². The Labute approximate surface area is 163 Å². The van der Waals surface area contributed by atoms with Crippen LogP contribution in [0.2, 0.25) is 0 Å². The summed E-state index contributed by atoms with van der Waals surface area (Å²) in [5.74, 6) is 8.73. The maximum absolute atomic E-state index is 6.46. The molecule has 2 aromatic carbocycles. The molecule has 3 nitrogen and oxygen atoms in total. The van der Waals surface area contributed by atoms with Gasteiger partial charge in [0, 0.05) is 6.54 Å². The predicted octanol–water partition coefficient (Wildman–Crippen LogP) is 5.22. The molecule has 144 valence electrons. The number of benzene rings is 2. The van der Waals surface area contributed by atoms with Gasteiger partial charge in [0.1, 0.15) is 5.75 Å². The molecular weight excluding hydrogens is 332 g/mol. The van der Waals surface area contributed by atoms with Gasteiger partial charge in [-0.2, -0.15) is 0 Å². The SMILES string of the molecule is COc1ccc(C2CCCC2)cc1C[C@H]1CCCN(N)[C@H]1c1ccccc1. The van der Waals surface area contributed by atoms with Gasteiger partial charge in [-0.05, 0) is 66.7 Å². The van der Waals surface area contributed by atoms with Crippen LogP contribution in [-0.2, 0) is 6.42 Å². The van der Waals surface area contributed by atoms with Gasteiger partial charge in [0.05, 0.1) is 13.2 Å². The predicted molar refractivity (Wildman–Crippen MR) is 111 cm³/mol. The number of nitrogens with zero attached hydrogens (tertiary/aromatic N) is 1. The van der Waals surface area contributed by atoms with Crippen molar-refractivity contribution < 1.29 is 4.74 Å². The summed E-state index contributed by atoms with van der Waals surface area (Å²) < 4.78 is 5.73. The second kappa shape index (κ2) is 8.45. The van der Waals surface area contributed by atoms with E-state index in [-0.39, 0.29) is 6.04 Å². The molecule has 2 fully saturated rings. The fourth-order valence-electron chi connectivity index (χ4n) is 5.18. The zero-order chi connectivity index (χ0) is 18.6. The smallest absolute Gasteiger partial charge is 0.122 e. The van der Waals surface area contributed by atoms with Crippen LogP contribution in [0, 0.1) is 5.92 Å². The Kier molecular flexibility index (Phi) is 5.80. The third kappa shape index (κ3) is 4.04. The number of nitrogens with two attached hydrogens (primary N) is 1. The van der Waals surface area contributed by atoms with Gasteiger partial charge in [-0.3, -0.25) is 5.84 Å². The molecule has 0 radical (unpaired) electrons. The first kappa shape index (κ1) is 18.5. The molecular formula is C24H32N2O. The number of hydrogen-bond acceptors (Lipinski definition) is 3. The first-order chi connectivity index (χ1) is 13.3. The summed E-state index contributed by atoms with van der Waals surface area (Å²) in [6, 6.07) is 17.9. The van der Waals surface area contributed by atoms with Crippen molar-refractivity contribution in [1.82, 2.24) is 5.01 Å². The fourth-order valence-corrected chi connectivity index (χ4v) is 5.18. The van der Waals surface area contributed by atoms with Crippen molar-refractivity contribution in [2.24, 2.45) is 11.8 Å². The lowest BCUT2D eigenvalue weighted by Gasteiger charge is -2.39. The van der Waals surface area contributed by atoms with Crippen molar-refractivity contribution in [3.8, 4) is 5.75 Å². The first-order valence-electron chi connectivity index (χ1n) is 10.5. The van der Waals surface area contributed by atoms with Gasteiger partial charge in [-0.15, -0.1) is 0 Å². The number of piperidine rings is 1. The molecule has 1 heterocycles. The number of rotatable bonds is 5. The molecule has 1 saturated heterocycles. The van der Waals surface area contributed by atoms with Crippen LogP contribution < -0.4 is 10.6 Å². The fraction of sp³-hybridized carbons (Fsp3) is 0.500. The van der Waals surface area contributed by atoms with Gasteiger partial charge in [0.15, 0.2) is 0 Å².